The zero-order valence-electron chi connectivity index (χ0n) is 25.9. The first-order valence-corrected chi connectivity index (χ1v) is 16.5. The molecule has 0 spiro atoms. The summed E-state index contributed by atoms with van der Waals surface area (Å²) >= 11 is 0. The van der Waals surface area contributed by atoms with Gasteiger partial charge in [0.1, 0.15) is 13.2 Å². The van der Waals surface area contributed by atoms with Crippen LogP contribution in [0.3, 0.4) is 0 Å². The summed E-state index contributed by atoms with van der Waals surface area (Å²) in [5, 5.41) is 0. The molecule has 0 heterocycles. The van der Waals surface area contributed by atoms with E-state index in [1.807, 2.05) is 0 Å². The molecule has 0 aliphatic carbocycles. The van der Waals surface area contributed by atoms with Crippen molar-refractivity contribution >= 4 is 17.9 Å². The molecule has 39 heavy (non-hydrogen) atoms. The van der Waals surface area contributed by atoms with Gasteiger partial charge in [0, 0.05) is 19.3 Å². The summed E-state index contributed by atoms with van der Waals surface area (Å²) in [6, 6.07) is 0. The second kappa shape index (κ2) is 29.4. The van der Waals surface area contributed by atoms with E-state index in [0.717, 1.165) is 64.2 Å². The van der Waals surface area contributed by atoms with Gasteiger partial charge in [-0.1, -0.05) is 136 Å². The third kappa shape index (κ3) is 27.8. The van der Waals surface area contributed by atoms with E-state index in [2.05, 4.69) is 20.8 Å². The van der Waals surface area contributed by atoms with E-state index in [0.29, 0.717) is 19.3 Å². The van der Waals surface area contributed by atoms with Crippen LogP contribution in [0.5, 0.6) is 0 Å². The fourth-order valence-electron chi connectivity index (χ4n) is 4.56. The monoisotopic (exact) mass is 554 g/mol. The summed E-state index contributed by atoms with van der Waals surface area (Å²) in [4.78, 5) is 36.8. The van der Waals surface area contributed by atoms with Crippen LogP contribution in [-0.2, 0) is 28.6 Å². The van der Waals surface area contributed by atoms with Gasteiger partial charge in [-0.3, -0.25) is 14.4 Å². The molecule has 0 saturated heterocycles. The smallest absolute Gasteiger partial charge is 0.306 e. The molecule has 0 aliphatic rings. The Morgan fingerprint density at radius 1 is 0.410 bits per heavy atom. The molecule has 0 radical (unpaired) electrons. The van der Waals surface area contributed by atoms with Crippen LogP contribution in [0.4, 0.5) is 0 Å². The summed E-state index contributed by atoms with van der Waals surface area (Å²) < 4.78 is 16.3. The SMILES string of the molecule is CCCCCCCCCCCC(=O)O[C@H](COC(=O)CCCCCCC)COC(=O)CCCCCCCCC. The number of carbonyl (C=O) groups excluding carboxylic acids is 3. The van der Waals surface area contributed by atoms with Crippen molar-refractivity contribution in [2.24, 2.45) is 0 Å². The third-order valence-corrected chi connectivity index (χ3v) is 7.11. The van der Waals surface area contributed by atoms with Crippen LogP contribution < -0.4 is 0 Å². The Kier molecular flexibility index (Phi) is 28.2. The van der Waals surface area contributed by atoms with Gasteiger partial charge in [0.2, 0.25) is 0 Å². The topological polar surface area (TPSA) is 78.9 Å². The van der Waals surface area contributed by atoms with Crippen molar-refractivity contribution in [3.63, 3.8) is 0 Å². The number of hydrogen-bond donors (Lipinski definition) is 0. The number of unbranched alkanes of at least 4 members (excludes halogenated alkanes) is 18. The van der Waals surface area contributed by atoms with Crippen LogP contribution in [0, 0.1) is 0 Å². The van der Waals surface area contributed by atoms with Crippen LogP contribution in [-0.4, -0.2) is 37.2 Å². The maximum absolute atomic E-state index is 12.4. The van der Waals surface area contributed by atoms with Crippen LogP contribution >= 0.6 is 0 Å². The highest BCUT2D eigenvalue weighted by Crippen LogP contribution is 2.13. The molecule has 6 heteroatoms. The fourth-order valence-corrected chi connectivity index (χ4v) is 4.56. The molecule has 0 aliphatic heterocycles. The fraction of sp³-hybridized carbons (Fsp3) is 0.909. The highest BCUT2D eigenvalue weighted by molar-refractivity contribution is 5.71. The molecule has 0 amide bonds. The average molecular weight is 555 g/mol. The number of rotatable bonds is 29. The molecule has 0 saturated carbocycles. The predicted molar refractivity (Wildman–Crippen MR) is 160 cm³/mol. The summed E-state index contributed by atoms with van der Waals surface area (Å²) in [6.45, 7) is 6.45. The normalized spacial score (nSPS) is 11.8. The summed E-state index contributed by atoms with van der Waals surface area (Å²) in [7, 11) is 0. The van der Waals surface area contributed by atoms with Gasteiger partial charge in [0.25, 0.3) is 0 Å². The van der Waals surface area contributed by atoms with Crippen LogP contribution in [0.2, 0.25) is 0 Å². The van der Waals surface area contributed by atoms with Gasteiger partial charge >= 0.3 is 17.9 Å². The molecule has 0 aromatic heterocycles. The molecule has 0 N–H and O–H groups in total. The zero-order valence-corrected chi connectivity index (χ0v) is 25.9. The van der Waals surface area contributed by atoms with Crippen molar-refractivity contribution in [1.29, 1.82) is 0 Å². The molecule has 0 rings (SSSR count). The van der Waals surface area contributed by atoms with Crippen LogP contribution in [0.15, 0.2) is 0 Å². The van der Waals surface area contributed by atoms with Crippen LogP contribution in [0.25, 0.3) is 0 Å². The Morgan fingerprint density at radius 2 is 0.692 bits per heavy atom. The van der Waals surface area contributed by atoms with Gasteiger partial charge in [-0.25, -0.2) is 0 Å². The Balaban J connectivity index is 4.33. The van der Waals surface area contributed by atoms with E-state index in [4.69, 9.17) is 14.2 Å². The van der Waals surface area contributed by atoms with E-state index in [1.165, 1.54) is 70.6 Å². The largest absolute Gasteiger partial charge is 0.462 e. The van der Waals surface area contributed by atoms with Crippen molar-refractivity contribution < 1.29 is 28.6 Å². The van der Waals surface area contributed by atoms with Crippen molar-refractivity contribution in [1.82, 2.24) is 0 Å². The lowest BCUT2D eigenvalue weighted by Crippen LogP contribution is -2.30. The van der Waals surface area contributed by atoms with Gasteiger partial charge in [-0.05, 0) is 19.3 Å². The minimum absolute atomic E-state index is 0.0669. The van der Waals surface area contributed by atoms with Gasteiger partial charge < -0.3 is 14.2 Å². The summed E-state index contributed by atoms with van der Waals surface area (Å²) in [6.07, 6.45) is 24.1. The first-order valence-electron chi connectivity index (χ1n) is 16.5. The van der Waals surface area contributed by atoms with Crippen molar-refractivity contribution in [2.45, 2.75) is 181 Å². The molecule has 0 fully saturated rings. The van der Waals surface area contributed by atoms with Gasteiger partial charge in [0.15, 0.2) is 6.10 Å². The molecule has 0 aromatic rings. The highest BCUT2D eigenvalue weighted by atomic mass is 16.6. The molecule has 0 unspecified atom stereocenters. The van der Waals surface area contributed by atoms with Crippen molar-refractivity contribution in [3.05, 3.63) is 0 Å². The van der Waals surface area contributed by atoms with Crippen molar-refractivity contribution in [2.75, 3.05) is 13.2 Å². The van der Waals surface area contributed by atoms with E-state index < -0.39 is 6.10 Å². The predicted octanol–water partition coefficient (Wildman–Crippen LogP) is 9.41. The van der Waals surface area contributed by atoms with E-state index in [-0.39, 0.29) is 31.1 Å². The van der Waals surface area contributed by atoms with E-state index in [1.54, 1.807) is 0 Å². The van der Waals surface area contributed by atoms with Gasteiger partial charge in [-0.15, -0.1) is 0 Å². The Labute approximate surface area is 240 Å². The summed E-state index contributed by atoms with van der Waals surface area (Å²) in [5.41, 5.74) is 0. The molecular formula is C33H62O6. The first kappa shape index (κ1) is 37.4. The molecular weight excluding hydrogens is 492 g/mol. The van der Waals surface area contributed by atoms with Crippen molar-refractivity contribution in [3.8, 4) is 0 Å². The molecule has 1 atom stereocenters. The number of carbonyl (C=O) groups is 3. The second-order valence-corrected chi connectivity index (χ2v) is 11.1. The maximum atomic E-state index is 12.4. The number of ether oxygens (including phenoxy) is 3. The maximum Gasteiger partial charge on any atom is 0.306 e. The first-order chi connectivity index (χ1) is 19.0. The standard InChI is InChI=1S/C33H62O6/c1-4-7-10-13-15-16-18-21-24-27-33(36)39-30(28-37-31(34)25-22-19-12-9-6-3)29-38-32(35)26-23-20-17-14-11-8-5-2/h30H,4-29H2,1-3H3/t30-/m1/s1. The highest BCUT2D eigenvalue weighted by Gasteiger charge is 2.19. The lowest BCUT2D eigenvalue weighted by molar-refractivity contribution is -0.167. The van der Waals surface area contributed by atoms with E-state index in [9.17, 15) is 14.4 Å². The van der Waals surface area contributed by atoms with Gasteiger partial charge in [0.05, 0.1) is 0 Å². The average Bonchev–Trinajstić information content (AvgIpc) is 2.93. The lowest BCUT2D eigenvalue weighted by Gasteiger charge is -2.18. The quantitative estimate of drug-likeness (QED) is 0.0520. The number of esters is 3. The summed E-state index contributed by atoms with van der Waals surface area (Å²) in [5.74, 6) is -0.895. The zero-order chi connectivity index (χ0) is 28.8. The molecule has 230 valence electrons. The Bertz CT molecular complexity index is 577. The lowest BCUT2D eigenvalue weighted by atomic mass is 10.1. The minimum Gasteiger partial charge on any atom is -0.462 e. The Morgan fingerprint density at radius 3 is 1.03 bits per heavy atom. The number of hydrogen-bond acceptors (Lipinski definition) is 6. The second-order valence-electron chi connectivity index (χ2n) is 11.1. The molecule has 0 bridgehead atoms. The minimum atomic E-state index is -0.752. The molecule has 0 aromatic carbocycles. The van der Waals surface area contributed by atoms with Crippen LogP contribution in [0.1, 0.15) is 175 Å². The van der Waals surface area contributed by atoms with Gasteiger partial charge in [-0.2, -0.15) is 0 Å². The van der Waals surface area contributed by atoms with E-state index >= 15 is 0 Å². The molecule has 6 nitrogen and oxygen atoms in total. The third-order valence-electron chi connectivity index (χ3n) is 7.11. The Hall–Kier alpha value is -1.59.